The molecule has 0 N–H and O–H groups in total. The summed E-state index contributed by atoms with van der Waals surface area (Å²) >= 11 is 0. The third-order valence-corrected chi connectivity index (χ3v) is 6.39. The third-order valence-electron chi connectivity index (χ3n) is 6.39. The lowest BCUT2D eigenvalue weighted by Crippen LogP contribution is -2.29. The fourth-order valence-corrected chi connectivity index (χ4v) is 4.68. The fourth-order valence-electron chi connectivity index (χ4n) is 4.68. The number of rotatable bonds is 6. The molecule has 0 saturated heterocycles. The lowest BCUT2D eigenvalue weighted by molar-refractivity contribution is 0.158. The average molecular weight is 462 g/mol. The molecule has 0 bridgehead atoms. The first-order valence-electron chi connectivity index (χ1n) is 11.3. The van der Waals surface area contributed by atoms with Crippen molar-refractivity contribution in [2.24, 2.45) is 0 Å². The smallest absolute Gasteiger partial charge is 0.254 e. The summed E-state index contributed by atoms with van der Waals surface area (Å²) in [7, 11) is 3.23. The van der Waals surface area contributed by atoms with Gasteiger partial charge < -0.3 is 28.3 Å². The van der Waals surface area contributed by atoms with Crippen molar-refractivity contribution in [1.29, 1.82) is 0 Å². The number of fused-ring (bicyclic) bond motifs is 3. The molecule has 3 heterocycles. The van der Waals surface area contributed by atoms with Crippen molar-refractivity contribution in [1.82, 2.24) is 4.57 Å². The molecule has 1 unspecified atom stereocenters. The number of aryl methyl sites for hydroxylation is 1. The molecule has 34 heavy (non-hydrogen) atoms. The minimum absolute atomic E-state index is 0.109. The predicted octanol–water partition coefficient (Wildman–Crippen LogP) is 4.78. The van der Waals surface area contributed by atoms with E-state index in [4.69, 9.17) is 23.7 Å². The second-order valence-electron chi connectivity index (χ2n) is 8.34. The highest BCUT2D eigenvalue weighted by molar-refractivity contribution is 5.74. The van der Waals surface area contributed by atoms with Crippen LogP contribution in [0.15, 0.2) is 71.3 Å². The number of nitrogens with zero attached hydrogens (tertiary/aromatic N) is 1. The van der Waals surface area contributed by atoms with Gasteiger partial charge in [-0.25, -0.2) is 0 Å². The molecule has 1 aromatic heterocycles. The molecule has 2 aliphatic heterocycles. The van der Waals surface area contributed by atoms with Crippen LogP contribution in [0.5, 0.6) is 17.2 Å². The maximum Gasteiger partial charge on any atom is 0.254 e. The standard InChI is InChI=1S/C27H27NO6/c1-17-21(34-27(18-7-5-4-6-8-18)24-16-32-11-12-33-24)15-25(29)28-10-9-19-13-22(30-2)23(31-3)14-20(19)26(17)28/h4-5,7,11-16,27H,6,8-10H2,1-3H3. The van der Waals surface area contributed by atoms with Crippen molar-refractivity contribution in [3.63, 3.8) is 0 Å². The highest BCUT2D eigenvalue weighted by atomic mass is 16.6. The minimum Gasteiger partial charge on any atom is -0.493 e. The Morgan fingerprint density at radius 3 is 2.56 bits per heavy atom. The Kier molecular flexibility index (Phi) is 5.92. The highest BCUT2D eigenvalue weighted by Crippen LogP contribution is 2.41. The lowest BCUT2D eigenvalue weighted by atomic mass is 9.93. The second-order valence-corrected chi connectivity index (χ2v) is 8.34. The highest BCUT2D eigenvalue weighted by Gasteiger charge is 2.29. The van der Waals surface area contributed by atoms with Crippen molar-refractivity contribution >= 4 is 0 Å². The molecular formula is C27H27NO6. The van der Waals surface area contributed by atoms with Gasteiger partial charge in [0.05, 0.1) is 19.9 Å². The van der Waals surface area contributed by atoms with E-state index in [9.17, 15) is 4.79 Å². The van der Waals surface area contributed by atoms with Crippen LogP contribution in [-0.4, -0.2) is 24.9 Å². The lowest BCUT2D eigenvalue weighted by Gasteiger charge is -2.29. The monoisotopic (exact) mass is 461 g/mol. The predicted molar refractivity (Wildman–Crippen MR) is 128 cm³/mol. The molecule has 2 aromatic rings. The zero-order valence-corrected chi connectivity index (χ0v) is 19.5. The van der Waals surface area contributed by atoms with Gasteiger partial charge in [-0.2, -0.15) is 0 Å². The number of hydrogen-bond donors (Lipinski definition) is 0. The Hall–Kier alpha value is -3.87. The zero-order chi connectivity index (χ0) is 23.7. The molecule has 0 radical (unpaired) electrons. The number of ether oxygens (including phenoxy) is 5. The molecule has 1 atom stereocenters. The second kappa shape index (κ2) is 9.17. The van der Waals surface area contributed by atoms with Gasteiger partial charge in [0.25, 0.3) is 5.56 Å². The van der Waals surface area contributed by atoms with Gasteiger partial charge in [-0.1, -0.05) is 18.2 Å². The molecule has 0 saturated carbocycles. The Bertz CT molecular complexity index is 1300. The van der Waals surface area contributed by atoms with Gasteiger partial charge in [-0.05, 0) is 49.5 Å². The van der Waals surface area contributed by atoms with Gasteiger partial charge in [0, 0.05) is 23.7 Å². The molecular weight excluding hydrogens is 434 g/mol. The molecule has 0 fully saturated rings. The van der Waals surface area contributed by atoms with Gasteiger partial charge in [-0.15, -0.1) is 0 Å². The topological polar surface area (TPSA) is 68.2 Å². The molecule has 1 aliphatic carbocycles. The number of aromatic nitrogens is 1. The third kappa shape index (κ3) is 3.87. The molecule has 7 heteroatoms. The van der Waals surface area contributed by atoms with Gasteiger partial charge in [0.15, 0.2) is 23.4 Å². The summed E-state index contributed by atoms with van der Waals surface area (Å²) in [5.41, 5.74) is 4.69. The van der Waals surface area contributed by atoms with Gasteiger partial charge in [0.1, 0.15) is 24.5 Å². The summed E-state index contributed by atoms with van der Waals surface area (Å²) in [5, 5.41) is 0. The number of methoxy groups -OCH3 is 2. The van der Waals surface area contributed by atoms with Crippen molar-refractivity contribution in [2.45, 2.75) is 38.8 Å². The van der Waals surface area contributed by atoms with Crippen molar-refractivity contribution < 1.29 is 23.7 Å². The summed E-state index contributed by atoms with van der Waals surface area (Å²) in [4.78, 5) is 13.2. The molecule has 7 nitrogen and oxygen atoms in total. The summed E-state index contributed by atoms with van der Waals surface area (Å²) < 4.78 is 30.4. The SMILES string of the molecule is COc1cc2c(cc1OC)-c1c(C)c(OC(C3=CC=CCC3)C3=COC=CO3)cc(=O)n1CC2. The largest absolute Gasteiger partial charge is 0.493 e. The number of benzene rings is 1. The first-order valence-corrected chi connectivity index (χ1v) is 11.3. The summed E-state index contributed by atoms with van der Waals surface area (Å²) in [6, 6.07) is 5.49. The number of allylic oxidation sites excluding steroid dienone is 3. The number of pyridine rings is 1. The molecule has 0 spiro atoms. The van der Waals surface area contributed by atoms with Crippen LogP contribution in [0, 0.1) is 6.92 Å². The molecule has 3 aliphatic rings. The maximum absolute atomic E-state index is 13.2. The maximum atomic E-state index is 13.2. The van der Waals surface area contributed by atoms with E-state index in [-0.39, 0.29) is 5.56 Å². The minimum atomic E-state index is -0.510. The summed E-state index contributed by atoms with van der Waals surface area (Å²) in [5.74, 6) is 2.34. The summed E-state index contributed by atoms with van der Waals surface area (Å²) in [6.45, 7) is 2.56. The van der Waals surface area contributed by atoms with E-state index in [1.807, 2.05) is 31.2 Å². The van der Waals surface area contributed by atoms with Crippen LogP contribution in [0.2, 0.25) is 0 Å². The van der Waals surface area contributed by atoms with Crippen LogP contribution >= 0.6 is 0 Å². The van der Waals surface area contributed by atoms with Crippen LogP contribution < -0.4 is 19.8 Å². The van der Waals surface area contributed by atoms with E-state index in [2.05, 4.69) is 6.08 Å². The van der Waals surface area contributed by atoms with E-state index in [1.165, 1.54) is 18.8 Å². The summed E-state index contributed by atoms with van der Waals surface area (Å²) in [6.07, 6.45) is 12.6. The van der Waals surface area contributed by atoms with E-state index in [0.717, 1.165) is 47.2 Å². The van der Waals surface area contributed by atoms with Crippen LogP contribution in [0.3, 0.4) is 0 Å². The average Bonchev–Trinajstić information content (AvgIpc) is 2.89. The first kappa shape index (κ1) is 21.9. The fraction of sp³-hybridized carbons (Fsp3) is 0.296. The molecule has 5 rings (SSSR count). The van der Waals surface area contributed by atoms with Gasteiger partial charge in [-0.3, -0.25) is 4.79 Å². The van der Waals surface area contributed by atoms with Crippen LogP contribution in [0.4, 0.5) is 0 Å². The first-order chi connectivity index (χ1) is 16.6. The Morgan fingerprint density at radius 2 is 1.85 bits per heavy atom. The van der Waals surface area contributed by atoms with Crippen molar-refractivity contribution in [3.05, 3.63) is 88.0 Å². The number of hydrogen-bond acceptors (Lipinski definition) is 6. The normalized spacial score (nSPS) is 16.8. The van der Waals surface area contributed by atoms with Crippen molar-refractivity contribution in [2.75, 3.05) is 14.2 Å². The zero-order valence-electron chi connectivity index (χ0n) is 19.5. The van der Waals surface area contributed by atoms with E-state index >= 15 is 0 Å². The molecule has 1 aromatic carbocycles. The molecule has 0 amide bonds. The van der Waals surface area contributed by atoms with Crippen LogP contribution in [0.1, 0.15) is 24.0 Å². The van der Waals surface area contributed by atoms with E-state index in [1.54, 1.807) is 24.9 Å². The van der Waals surface area contributed by atoms with E-state index < -0.39 is 6.10 Å². The Morgan fingerprint density at radius 1 is 1.03 bits per heavy atom. The Labute approximate surface area is 198 Å². The Balaban J connectivity index is 1.61. The quantitative estimate of drug-likeness (QED) is 0.617. The molecule has 176 valence electrons. The van der Waals surface area contributed by atoms with Gasteiger partial charge >= 0.3 is 0 Å². The van der Waals surface area contributed by atoms with Crippen LogP contribution in [-0.2, 0) is 22.4 Å². The van der Waals surface area contributed by atoms with Crippen molar-refractivity contribution in [3.8, 4) is 28.5 Å². The van der Waals surface area contributed by atoms with E-state index in [0.29, 0.717) is 29.6 Å². The van der Waals surface area contributed by atoms with Crippen LogP contribution in [0.25, 0.3) is 11.3 Å². The van der Waals surface area contributed by atoms with Gasteiger partial charge in [0.2, 0.25) is 0 Å².